The Morgan fingerprint density at radius 1 is 1.43 bits per heavy atom. The molecule has 1 aliphatic heterocycles. The molecular weight excluding hydrogens is 205 g/mol. The van der Waals surface area contributed by atoms with Crippen LogP contribution in [0.25, 0.3) is 0 Å². The fourth-order valence-electron chi connectivity index (χ4n) is 1.56. The van der Waals surface area contributed by atoms with Gasteiger partial charge in [-0.1, -0.05) is 11.6 Å². The van der Waals surface area contributed by atoms with Gasteiger partial charge in [-0.15, -0.1) is 0 Å². The van der Waals surface area contributed by atoms with E-state index in [9.17, 15) is 9.18 Å². The molecule has 4 heteroatoms. The van der Waals surface area contributed by atoms with E-state index >= 15 is 0 Å². The van der Waals surface area contributed by atoms with Crippen LogP contribution in [0.5, 0.6) is 0 Å². The third-order valence-electron chi connectivity index (χ3n) is 2.28. The van der Waals surface area contributed by atoms with E-state index in [0.29, 0.717) is 30.2 Å². The molecule has 1 fully saturated rings. The first-order valence-electron chi connectivity index (χ1n) is 4.38. The van der Waals surface area contributed by atoms with Gasteiger partial charge in [0.25, 0.3) is 0 Å². The van der Waals surface area contributed by atoms with Gasteiger partial charge < -0.3 is 4.90 Å². The summed E-state index contributed by atoms with van der Waals surface area (Å²) in [6, 6.07) is 4.18. The van der Waals surface area contributed by atoms with Crippen LogP contribution in [0.1, 0.15) is 6.42 Å². The first-order chi connectivity index (χ1) is 6.66. The Labute approximate surface area is 86.3 Å². The highest BCUT2D eigenvalue weighted by Gasteiger charge is 2.21. The summed E-state index contributed by atoms with van der Waals surface area (Å²) in [7, 11) is 0. The number of benzene rings is 1. The van der Waals surface area contributed by atoms with Gasteiger partial charge >= 0.3 is 0 Å². The van der Waals surface area contributed by atoms with Crippen LogP contribution in [-0.2, 0) is 4.79 Å². The fraction of sp³-hybridized carbons (Fsp3) is 0.300. The van der Waals surface area contributed by atoms with Crippen molar-refractivity contribution in [3.8, 4) is 0 Å². The van der Waals surface area contributed by atoms with E-state index in [2.05, 4.69) is 0 Å². The van der Waals surface area contributed by atoms with E-state index < -0.39 is 0 Å². The van der Waals surface area contributed by atoms with E-state index in [-0.39, 0.29) is 11.6 Å². The summed E-state index contributed by atoms with van der Waals surface area (Å²) in [5.74, 6) is -0.158. The van der Waals surface area contributed by atoms with Crippen LogP contribution in [0.4, 0.5) is 10.1 Å². The van der Waals surface area contributed by atoms with Crippen molar-refractivity contribution in [3.05, 3.63) is 29.0 Å². The van der Waals surface area contributed by atoms with Crippen molar-refractivity contribution >= 4 is 23.1 Å². The number of rotatable bonds is 1. The second-order valence-electron chi connectivity index (χ2n) is 3.31. The Bertz CT molecular complexity index is 380. The number of nitrogens with zero attached hydrogens (tertiary/aromatic N) is 1. The van der Waals surface area contributed by atoms with Crippen LogP contribution in [0.2, 0.25) is 5.02 Å². The lowest BCUT2D eigenvalue weighted by molar-refractivity contribution is -0.116. The molecule has 0 unspecified atom stereocenters. The molecule has 74 valence electrons. The molecule has 0 spiro atoms. The lowest BCUT2D eigenvalue weighted by atomic mass is 10.3. The van der Waals surface area contributed by atoms with Crippen molar-refractivity contribution in [1.29, 1.82) is 0 Å². The second-order valence-corrected chi connectivity index (χ2v) is 3.71. The molecule has 0 aliphatic carbocycles. The molecule has 1 heterocycles. The Kier molecular flexibility index (Phi) is 2.42. The van der Waals surface area contributed by atoms with Gasteiger partial charge in [0.05, 0.1) is 17.3 Å². The average Bonchev–Trinajstić information content (AvgIpc) is 2.56. The third kappa shape index (κ3) is 1.73. The van der Waals surface area contributed by atoms with Gasteiger partial charge in [0.15, 0.2) is 5.78 Å². The van der Waals surface area contributed by atoms with Gasteiger partial charge in [0.2, 0.25) is 0 Å². The molecule has 1 aliphatic rings. The van der Waals surface area contributed by atoms with Crippen LogP contribution < -0.4 is 4.90 Å². The van der Waals surface area contributed by atoms with Crippen LogP contribution in [0.15, 0.2) is 18.2 Å². The van der Waals surface area contributed by atoms with Crippen LogP contribution in [-0.4, -0.2) is 18.9 Å². The summed E-state index contributed by atoms with van der Waals surface area (Å²) < 4.78 is 12.9. The Hall–Kier alpha value is -1.09. The second kappa shape index (κ2) is 3.58. The molecule has 0 atom stereocenters. The molecule has 0 N–H and O–H groups in total. The summed E-state index contributed by atoms with van der Waals surface area (Å²) >= 11 is 5.90. The molecular formula is C10H9ClFNO. The minimum Gasteiger partial charge on any atom is -0.362 e. The summed E-state index contributed by atoms with van der Waals surface area (Å²) in [4.78, 5) is 12.8. The van der Waals surface area contributed by atoms with Gasteiger partial charge in [0.1, 0.15) is 5.82 Å². The van der Waals surface area contributed by atoms with Crippen molar-refractivity contribution in [2.45, 2.75) is 6.42 Å². The van der Waals surface area contributed by atoms with Crippen LogP contribution >= 0.6 is 11.6 Å². The van der Waals surface area contributed by atoms with Crippen LogP contribution in [0, 0.1) is 5.82 Å². The number of carbonyl (C=O) groups is 1. The summed E-state index contributed by atoms with van der Waals surface area (Å²) in [6.07, 6.45) is 0.521. The van der Waals surface area contributed by atoms with Crippen molar-refractivity contribution in [1.82, 2.24) is 0 Å². The Morgan fingerprint density at radius 2 is 2.21 bits per heavy atom. The summed E-state index contributed by atoms with van der Waals surface area (Å²) in [5, 5.41) is 0.487. The van der Waals surface area contributed by atoms with E-state index in [4.69, 9.17) is 11.6 Å². The summed E-state index contributed by atoms with van der Waals surface area (Å²) in [5.41, 5.74) is 0.609. The number of anilines is 1. The molecule has 0 bridgehead atoms. The van der Waals surface area contributed by atoms with Gasteiger partial charge in [-0.05, 0) is 18.2 Å². The Morgan fingerprint density at radius 3 is 2.86 bits per heavy atom. The molecule has 0 aromatic heterocycles. The third-order valence-corrected chi connectivity index (χ3v) is 2.60. The highest BCUT2D eigenvalue weighted by molar-refractivity contribution is 6.33. The predicted octanol–water partition coefficient (Wildman–Crippen LogP) is 2.26. The topological polar surface area (TPSA) is 20.3 Å². The molecule has 1 saturated heterocycles. The molecule has 0 radical (unpaired) electrons. The number of halogens is 2. The zero-order valence-electron chi connectivity index (χ0n) is 7.46. The van der Waals surface area contributed by atoms with Crippen molar-refractivity contribution in [3.63, 3.8) is 0 Å². The highest BCUT2D eigenvalue weighted by atomic mass is 35.5. The SMILES string of the molecule is O=C1CCN(c2cc(F)ccc2Cl)C1. The number of ketones is 1. The minimum atomic E-state index is -0.330. The number of Topliss-reactive ketones (excluding diaryl/α,β-unsaturated/α-hetero) is 1. The van der Waals surface area contributed by atoms with Gasteiger partial charge in [-0.2, -0.15) is 0 Å². The molecule has 0 amide bonds. The Balaban J connectivity index is 2.31. The number of hydrogen-bond donors (Lipinski definition) is 0. The van der Waals surface area contributed by atoms with Crippen molar-refractivity contribution in [2.75, 3.05) is 18.0 Å². The smallest absolute Gasteiger partial charge is 0.153 e. The highest BCUT2D eigenvalue weighted by Crippen LogP contribution is 2.28. The average molecular weight is 214 g/mol. The van der Waals surface area contributed by atoms with E-state index in [1.807, 2.05) is 0 Å². The van der Waals surface area contributed by atoms with Crippen LogP contribution in [0.3, 0.4) is 0 Å². The predicted molar refractivity (Wildman–Crippen MR) is 53.2 cm³/mol. The molecule has 14 heavy (non-hydrogen) atoms. The van der Waals surface area contributed by atoms with Crippen molar-refractivity contribution < 1.29 is 9.18 Å². The largest absolute Gasteiger partial charge is 0.362 e. The first-order valence-corrected chi connectivity index (χ1v) is 4.76. The quantitative estimate of drug-likeness (QED) is 0.713. The van der Waals surface area contributed by atoms with E-state index in [0.717, 1.165) is 0 Å². The fourth-order valence-corrected chi connectivity index (χ4v) is 1.80. The minimum absolute atomic E-state index is 0.172. The lowest BCUT2D eigenvalue weighted by Crippen LogP contribution is -2.19. The normalized spacial score (nSPS) is 16.4. The zero-order chi connectivity index (χ0) is 10.1. The lowest BCUT2D eigenvalue weighted by Gasteiger charge is -2.17. The monoisotopic (exact) mass is 213 g/mol. The maximum atomic E-state index is 12.9. The van der Waals surface area contributed by atoms with Gasteiger partial charge in [-0.3, -0.25) is 4.79 Å². The van der Waals surface area contributed by atoms with Gasteiger partial charge in [-0.25, -0.2) is 4.39 Å². The first kappa shape index (κ1) is 9.46. The maximum absolute atomic E-state index is 12.9. The summed E-state index contributed by atoms with van der Waals surface area (Å²) in [6.45, 7) is 0.963. The zero-order valence-corrected chi connectivity index (χ0v) is 8.22. The molecule has 2 nitrogen and oxygen atoms in total. The molecule has 1 aromatic rings. The maximum Gasteiger partial charge on any atom is 0.153 e. The van der Waals surface area contributed by atoms with Crippen molar-refractivity contribution in [2.24, 2.45) is 0 Å². The number of hydrogen-bond acceptors (Lipinski definition) is 2. The van der Waals surface area contributed by atoms with E-state index in [1.54, 1.807) is 4.90 Å². The molecule has 2 rings (SSSR count). The van der Waals surface area contributed by atoms with Gasteiger partial charge in [0, 0.05) is 13.0 Å². The standard InChI is InChI=1S/C10H9ClFNO/c11-9-2-1-7(12)5-10(9)13-4-3-8(14)6-13/h1-2,5H,3-4,6H2. The van der Waals surface area contributed by atoms with E-state index in [1.165, 1.54) is 18.2 Å². The molecule has 1 aromatic carbocycles. The molecule has 0 saturated carbocycles. The number of carbonyl (C=O) groups excluding carboxylic acids is 1.